The van der Waals surface area contributed by atoms with E-state index in [1.807, 2.05) is 88.5 Å². The summed E-state index contributed by atoms with van der Waals surface area (Å²) in [5, 5.41) is 12.6. The number of imide groups is 1. The SMILES string of the molecule is CC(C)(CC(C)(Br)C(=O)OCCOP(=O)(O)OCC[N+](C)(C)C)C(=O)OCCN1C(=O)C=C(SC[C@H](NC(=O)CCCCCN2C(=CC=C3CCCC(C=CC4=[N+](CCCCS(=O)(=O)O)c5ccccc5C4(C)C)=C3Oc3ccc(S(=O)(=O)O)cc3)C(C)(C)c3cc(S(=O)(=O)O)ccc32)C(=O)O)C1=O. The van der Waals surface area contributed by atoms with Gasteiger partial charge in [0.2, 0.25) is 11.6 Å². The molecule has 0 saturated carbocycles. The van der Waals surface area contributed by atoms with Gasteiger partial charge < -0.3 is 38.9 Å². The highest BCUT2D eigenvalue weighted by Crippen LogP contribution is 2.50. The van der Waals surface area contributed by atoms with E-state index in [0.29, 0.717) is 86.1 Å². The highest BCUT2D eigenvalue weighted by Gasteiger charge is 2.46. The molecule has 4 aliphatic rings. The van der Waals surface area contributed by atoms with Crippen molar-refractivity contribution in [3.05, 3.63) is 136 Å². The number of carboxylic acid groups (broad SMARTS) is 1. The van der Waals surface area contributed by atoms with Crippen LogP contribution in [0.1, 0.15) is 124 Å². The number of unbranched alkanes of at least 4 members (excludes halogenated alkanes) is 3. The molecule has 570 valence electrons. The number of ether oxygens (including phenoxy) is 3. The van der Waals surface area contributed by atoms with E-state index < -0.39 is 120 Å². The third-order valence-electron chi connectivity index (χ3n) is 17.9. The highest BCUT2D eigenvalue weighted by molar-refractivity contribution is 9.10. The number of phosphoric ester groups is 1. The Hall–Kier alpha value is -6.72. The summed E-state index contributed by atoms with van der Waals surface area (Å²) in [6.45, 7) is 12.0. The van der Waals surface area contributed by atoms with Gasteiger partial charge in [0.25, 0.3) is 42.2 Å². The van der Waals surface area contributed by atoms with Gasteiger partial charge in [-0.05, 0) is 151 Å². The standard InChI is InChI=1S/C70H91BrN5O23PS4/c1-67(2,46-70(7,71)66(83)96-40-41-98-100(84,85)97-39-37-76(8,9)10)65(82)95-38-36-75-61(78)44-57(63(75)79)101-45-54(64(80)81)72-60(77)23-12-11-15-34-74-56-31-30-51(104(92,93)94)43-53(56)69(5,6)59(74)33-25-48-20-18-19-47(62(48)99-49-26-28-50(29-27-49)103(89,90)91)24-32-58-68(3,4)52-21-13-14-22-55(52)73(58)35-16-17-42-102(86,87)88/h13-14,21-22,24-33,43-44,54H,11-12,15-20,23,34-42,45-46H2,1-10H3,(H4-2,72,77,80,81,84,85,86,87,88,89,90,91,92,93,94)/p+2/t54-,70?/m0/s1. The Morgan fingerprint density at radius 2 is 1.42 bits per heavy atom. The number of allylic oxidation sites excluding steroid dienone is 7. The van der Waals surface area contributed by atoms with E-state index in [1.165, 1.54) is 57.2 Å². The van der Waals surface area contributed by atoms with Gasteiger partial charge in [-0.2, -0.15) is 29.8 Å². The number of alkyl halides is 1. The van der Waals surface area contributed by atoms with Crippen molar-refractivity contribution in [3.8, 4) is 5.75 Å². The number of rotatable bonds is 38. The smallest absolute Gasteiger partial charge is 0.472 e. The molecule has 104 heavy (non-hydrogen) atoms. The second-order valence-corrected chi connectivity index (χ2v) is 37.2. The quantitative estimate of drug-likeness (QED) is 0.00454. The van der Waals surface area contributed by atoms with Crippen molar-refractivity contribution in [2.24, 2.45) is 5.41 Å². The van der Waals surface area contributed by atoms with E-state index in [-0.39, 0.29) is 64.4 Å². The van der Waals surface area contributed by atoms with Gasteiger partial charge in [0.1, 0.15) is 54.8 Å². The number of hydrogen-bond donors (Lipinski definition) is 6. The highest BCUT2D eigenvalue weighted by atomic mass is 79.9. The van der Waals surface area contributed by atoms with Crippen molar-refractivity contribution < 1.29 is 115 Å². The summed E-state index contributed by atoms with van der Waals surface area (Å²) in [6, 6.07) is 16.1. The number of nitrogens with one attached hydrogen (secondary N) is 1. The van der Waals surface area contributed by atoms with Gasteiger partial charge >= 0.3 is 25.7 Å². The van der Waals surface area contributed by atoms with Crippen LogP contribution in [-0.4, -0.2) is 200 Å². The Bertz CT molecular complexity index is 4390. The first-order valence-corrected chi connectivity index (χ1v) is 41.3. The van der Waals surface area contributed by atoms with Crippen LogP contribution in [0, 0.1) is 5.41 Å². The Labute approximate surface area is 620 Å². The predicted octanol–water partition coefficient (Wildman–Crippen LogP) is 9.52. The van der Waals surface area contributed by atoms with Crippen LogP contribution in [0.4, 0.5) is 11.4 Å². The lowest BCUT2D eigenvalue weighted by Crippen LogP contribution is -2.42. The molecule has 3 atom stereocenters. The van der Waals surface area contributed by atoms with E-state index in [1.54, 1.807) is 6.07 Å². The van der Waals surface area contributed by atoms with E-state index in [2.05, 4.69) is 39.7 Å². The van der Waals surface area contributed by atoms with Gasteiger partial charge in [0, 0.05) is 65.7 Å². The van der Waals surface area contributed by atoms with Gasteiger partial charge in [0.05, 0.1) is 65.6 Å². The van der Waals surface area contributed by atoms with Gasteiger partial charge in [0.15, 0.2) is 5.71 Å². The molecule has 3 aromatic rings. The van der Waals surface area contributed by atoms with E-state index in [9.17, 15) is 82.2 Å². The number of thioether (sulfide) groups is 1. The number of carbonyl (C=O) groups excluding carboxylic acids is 5. The average molecular weight is 1610 g/mol. The number of fused-ring (bicyclic) bond motifs is 2. The molecule has 0 bridgehead atoms. The third kappa shape index (κ3) is 22.9. The normalized spacial score (nSPS) is 18.5. The Kier molecular flexibility index (Phi) is 28.0. The van der Waals surface area contributed by atoms with E-state index in [0.717, 1.165) is 56.5 Å². The first kappa shape index (κ1) is 84.5. The summed E-state index contributed by atoms with van der Waals surface area (Å²) >= 11 is 4.04. The molecule has 2 unspecified atom stereocenters. The topological polar surface area (TPSA) is 391 Å². The molecule has 0 fully saturated rings. The molecule has 34 heteroatoms. The molecule has 3 amide bonds. The number of amides is 3. The number of esters is 2. The van der Waals surface area contributed by atoms with Crippen LogP contribution in [0.5, 0.6) is 5.75 Å². The maximum Gasteiger partial charge on any atom is 0.472 e. The van der Waals surface area contributed by atoms with Crippen LogP contribution >= 0.6 is 35.5 Å². The van der Waals surface area contributed by atoms with E-state index in [4.69, 9.17) is 23.3 Å². The van der Waals surface area contributed by atoms with Crippen LogP contribution in [0.3, 0.4) is 0 Å². The Balaban J connectivity index is 0.985. The molecule has 0 saturated heterocycles. The minimum atomic E-state index is -4.63. The van der Waals surface area contributed by atoms with Crippen molar-refractivity contribution in [3.63, 3.8) is 0 Å². The van der Waals surface area contributed by atoms with Crippen LogP contribution in [0.25, 0.3) is 0 Å². The molecule has 3 aromatic carbocycles. The molecular formula is C70H93BrN5O23PS4+2. The number of carbonyl (C=O) groups is 6. The Morgan fingerprint density at radius 1 is 0.769 bits per heavy atom. The van der Waals surface area contributed by atoms with E-state index >= 15 is 0 Å². The molecule has 7 rings (SSSR count). The van der Waals surface area contributed by atoms with Crippen molar-refractivity contribution in [1.82, 2.24) is 10.2 Å². The summed E-state index contributed by atoms with van der Waals surface area (Å²) in [4.78, 5) is 90.6. The number of likely N-dealkylation sites (N-methyl/N-ethyl adjacent to an activating group) is 1. The maximum absolute atomic E-state index is 13.4. The number of quaternary nitrogens is 1. The largest absolute Gasteiger partial charge is 0.480 e. The number of anilines is 1. The fourth-order valence-electron chi connectivity index (χ4n) is 12.5. The first-order chi connectivity index (χ1) is 48.2. The molecule has 1 aliphatic carbocycles. The average Bonchev–Trinajstić information content (AvgIpc) is 1.60. The van der Waals surface area contributed by atoms with Gasteiger partial charge in [-0.3, -0.25) is 51.6 Å². The monoisotopic (exact) mass is 1610 g/mol. The maximum atomic E-state index is 13.4. The number of phosphoric acid groups is 1. The molecule has 0 spiro atoms. The lowest BCUT2D eigenvalue weighted by Gasteiger charge is -2.30. The molecule has 28 nitrogen and oxygen atoms in total. The van der Waals surface area contributed by atoms with Crippen molar-refractivity contribution in [2.75, 3.05) is 90.2 Å². The molecular weight excluding hydrogens is 1520 g/mol. The van der Waals surface area contributed by atoms with Crippen LogP contribution < -0.4 is 15.0 Å². The zero-order chi connectivity index (χ0) is 77.2. The number of hydrogen-bond acceptors (Lipinski definition) is 20. The number of halogens is 1. The lowest BCUT2D eigenvalue weighted by molar-refractivity contribution is -0.870. The number of nitrogens with zero attached hydrogens (tertiary/aromatic N) is 4. The third-order valence-corrected chi connectivity index (χ3v) is 23.1. The number of carboxylic acids is 1. The van der Waals surface area contributed by atoms with Gasteiger partial charge in [-0.15, -0.1) is 11.8 Å². The minimum absolute atomic E-state index is 0.0532. The van der Waals surface area contributed by atoms with Gasteiger partial charge in [-0.1, -0.05) is 60.5 Å². The van der Waals surface area contributed by atoms with Crippen LogP contribution in [0.2, 0.25) is 0 Å². The van der Waals surface area contributed by atoms with Crippen LogP contribution in [-0.2, 0) is 93.0 Å². The summed E-state index contributed by atoms with van der Waals surface area (Å²) in [7, 11) is -12.1. The predicted molar refractivity (Wildman–Crippen MR) is 392 cm³/mol. The molecule has 3 heterocycles. The van der Waals surface area contributed by atoms with Gasteiger partial charge in [-0.25, -0.2) is 9.36 Å². The van der Waals surface area contributed by atoms with Crippen molar-refractivity contribution in [2.45, 2.75) is 144 Å². The van der Waals surface area contributed by atoms with Crippen molar-refractivity contribution in [1.29, 1.82) is 0 Å². The number of para-hydroxylation sites is 1. The summed E-state index contributed by atoms with van der Waals surface area (Å²) in [5.41, 5.74) is 3.72. The second-order valence-electron chi connectivity index (χ2n) is 28.5. The number of benzene rings is 3. The number of aliphatic carboxylic acids is 1. The summed E-state index contributed by atoms with van der Waals surface area (Å²) in [5.74, 6) is -5.10. The molecule has 0 radical (unpaired) electrons. The van der Waals surface area contributed by atoms with Crippen molar-refractivity contribution >= 4 is 119 Å². The zero-order valence-electron chi connectivity index (χ0n) is 59.8. The minimum Gasteiger partial charge on any atom is -0.480 e. The lowest BCUT2D eigenvalue weighted by atomic mass is 9.81. The first-order valence-electron chi connectivity index (χ1n) is 33.6. The fraction of sp³-hybridized carbons (Fsp3) is 0.500. The summed E-state index contributed by atoms with van der Waals surface area (Å²) < 4.78 is 143. The fourth-order valence-corrected chi connectivity index (χ4v) is 16.5. The van der Waals surface area contributed by atoms with Crippen LogP contribution in [0.15, 0.2) is 134 Å². The molecule has 3 aliphatic heterocycles. The molecule has 6 N–H and O–H groups in total. The summed E-state index contributed by atoms with van der Waals surface area (Å²) in [6.07, 6.45) is 12.3. The Morgan fingerprint density at radius 3 is 2.08 bits per heavy atom. The zero-order valence-corrected chi connectivity index (χ0v) is 65.5. The second kappa shape index (κ2) is 34.5. The molecule has 0 aromatic heterocycles.